The fourth-order valence-electron chi connectivity index (χ4n) is 1.75. The van der Waals surface area contributed by atoms with E-state index < -0.39 is 15.9 Å². The molecule has 0 atom stereocenters. The van der Waals surface area contributed by atoms with Gasteiger partial charge >= 0.3 is 0 Å². The molecule has 0 heterocycles. The molecule has 2 aromatic carbocycles. The van der Waals surface area contributed by atoms with E-state index in [0.29, 0.717) is 5.75 Å². The Kier molecular flexibility index (Phi) is 6.06. The summed E-state index contributed by atoms with van der Waals surface area (Å²) < 4.78 is 29.5. The number of halogens is 2. The summed E-state index contributed by atoms with van der Waals surface area (Å²) in [5.41, 5.74) is 3.03. The van der Waals surface area contributed by atoms with Crippen molar-refractivity contribution in [2.45, 2.75) is 11.8 Å². The molecule has 6 nitrogen and oxygen atoms in total. The smallest absolute Gasteiger partial charge is 0.272 e. The zero-order valence-corrected chi connectivity index (χ0v) is 14.9. The highest BCUT2D eigenvalue weighted by atomic mass is 35.5. The Bertz CT molecular complexity index is 856. The van der Waals surface area contributed by atoms with E-state index in [-0.39, 0.29) is 21.5 Å². The van der Waals surface area contributed by atoms with Crippen LogP contribution in [0.4, 0.5) is 0 Å². The molecule has 0 spiro atoms. The predicted octanol–water partition coefficient (Wildman–Crippen LogP) is 2.69. The Balaban J connectivity index is 1.94. The summed E-state index contributed by atoms with van der Waals surface area (Å²) in [6.45, 7) is 1.53. The predicted molar refractivity (Wildman–Crippen MR) is 91.6 cm³/mol. The Morgan fingerprint density at radius 3 is 2.62 bits per heavy atom. The minimum atomic E-state index is -4.05. The van der Waals surface area contributed by atoms with Crippen LogP contribution >= 0.6 is 23.2 Å². The van der Waals surface area contributed by atoms with Gasteiger partial charge in [-0.25, -0.2) is 8.42 Å². The summed E-state index contributed by atoms with van der Waals surface area (Å²) in [5, 5.41) is 0.186. The van der Waals surface area contributed by atoms with Crippen molar-refractivity contribution in [2.75, 3.05) is 6.61 Å². The first-order valence-corrected chi connectivity index (χ1v) is 8.97. The molecule has 128 valence electrons. The molecule has 0 bridgehead atoms. The van der Waals surface area contributed by atoms with Crippen molar-refractivity contribution in [3.63, 3.8) is 0 Å². The molecule has 0 fully saturated rings. The molecule has 0 unspecified atom stereocenters. The van der Waals surface area contributed by atoms with Crippen molar-refractivity contribution in [3.05, 3.63) is 58.1 Å². The molecular formula is C15H14Cl2N2O4S. The summed E-state index contributed by atoms with van der Waals surface area (Å²) in [6.07, 6.45) is 0. The fourth-order valence-corrected chi connectivity index (χ4v) is 3.38. The lowest BCUT2D eigenvalue weighted by Crippen LogP contribution is -2.43. The van der Waals surface area contributed by atoms with Crippen LogP contribution in [-0.2, 0) is 14.8 Å². The molecule has 0 aliphatic rings. The van der Waals surface area contributed by atoms with Gasteiger partial charge in [-0.3, -0.25) is 10.2 Å². The van der Waals surface area contributed by atoms with Crippen LogP contribution in [0.1, 0.15) is 5.56 Å². The number of hydrogen-bond donors (Lipinski definition) is 2. The number of nitrogens with one attached hydrogen (secondary N) is 2. The van der Waals surface area contributed by atoms with Gasteiger partial charge in [-0.2, -0.15) is 0 Å². The molecule has 2 rings (SSSR count). The molecule has 0 radical (unpaired) electrons. The minimum Gasteiger partial charge on any atom is -0.484 e. The van der Waals surface area contributed by atoms with Crippen LogP contribution < -0.4 is 15.0 Å². The molecule has 24 heavy (non-hydrogen) atoms. The van der Waals surface area contributed by atoms with Crippen molar-refractivity contribution < 1.29 is 17.9 Å². The third-order valence-corrected chi connectivity index (χ3v) is 4.83. The lowest BCUT2D eigenvalue weighted by molar-refractivity contribution is -0.123. The number of hydrogen-bond acceptors (Lipinski definition) is 4. The highest BCUT2D eigenvalue weighted by Gasteiger charge is 2.19. The van der Waals surface area contributed by atoms with Gasteiger partial charge in [-0.1, -0.05) is 35.3 Å². The zero-order chi connectivity index (χ0) is 17.7. The van der Waals surface area contributed by atoms with Gasteiger partial charge in [0.2, 0.25) is 0 Å². The van der Waals surface area contributed by atoms with Crippen LogP contribution in [0, 0.1) is 6.92 Å². The number of carbonyl (C=O) groups excluding carboxylic acids is 1. The topological polar surface area (TPSA) is 84.5 Å². The summed E-state index contributed by atoms with van der Waals surface area (Å²) in [5.74, 6) is -0.163. The maximum atomic E-state index is 12.1. The van der Waals surface area contributed by atoms with Gasteiger partial charge in [-0.15, -0.1) is 4.83 Å². The Hall–Kier alpha value is -1.80. The van der Waals surface area contributed by atoms with Gasteiger partial charge in [0, 0.05) is 5.02 Å². The van der Waals surface area contributed by atoms with Crippen LogP contribution in [0.5, 0.6) is 5.75 Å². The largest absolute Gasteiger partial charge is 0.484 e. The summed E-state index contributed by atoms with van der Waals surface area (Å²) in [7, 11) is -4.05. The molecule has 0 aliphatic carbocycles. The van der Waals surface area contributed by atoms with Crippen LogP contribution in [-0.4, -0.2) is 20.9 Å². The monoisotopic (exact) mass is 388 g/mol. The van der Waals surface area contributed by atoms with Crippen LogP contribution in [0.15, 0.2) is 47.4 Å². The van der Waals surface area contributed by atoms with Gasteiger partial charge in [0.15, 0.2) is 6.61 Å². The number of ether oxygens (including phenoxy) is 1. The lowest BCUT2D eigenvalue weighted by atomic mass is 10.2. The normalized spacial score (nSPS) is 11.1. The van der Waals surface area contributed by atoms with E-state index in [1.165, 1.54) is 18.2 Å². The first kappa shape index (κ1) is 18.5. The standard InChI is InChI=1S/C15H14Cl2N2O4S/c1-10-3-2-4-12(7-10)23-9-15(20)18-19-24(21,22)14-8-11(16)5-6-13(14)17/h2-8,19H,9H2,1H3,(H,18,20). The highest BCUT2D eigenvalue weighted by molar-refractivity contribution is 7.89. The van der Waals surface area contributed by atoms with E-state index in [0.717, 1.165) is 5.56 Å². The number of carbonyl (C=O) groups is 1. The zero-order valence-electron chi connectivity index (χ0n) is 12.5. The second-order valence-corrected chi connectivity index (χ2v) is 7.33. The van der Waals surface area contributed by atoms with Gasteiger partial charge in [0.1, 0.15) is 10.6 Å². The first-order chi connectivity index (χ1) is 11.3. The third kappa shape index (κ3) is 5.10. The molecule has 0 saturated carbocycles. The number of benzene rings is 2. The molecule has 0 saturated heterocycles. The molecule has 1 amide bonds. The van der Waals surface area contributed by atoms with Crippen molar-refractivity contribution in [1.29, 1.82) is 0 Å². The Morgan fingerprint density at radius 1 is 1.17 bits per heavy atom. The fraction of sp³-hybridized carbons (Fsp3) is 0.133. The third-order valence-electron chi connectivity index (χ3n) is 2.87. The van der Waals surface area contributed by atoms with Gasteiger partial charge in [0.25, 0.3) is 15.9 Å². The number of amides is 1. The van der Waals surface area contributed by atoms with E-state index in [2.05, 4.69) is 0 Å². The second kappa shape index (κ2) is 7.85. The van der Waals surface area contributed by atoms with Crippen LogP contribution in [0.3, 0.4) is 0 Å². The van der Waals surface area contributed by atoms with Crippen LogP contribution in [0.25, 0.3) is 0 Å². The molecular weight excluding hydrogens is 375 g/mol. The summed E-state index contributed by atoms with van der Waals surface area (Å²) in [4.78, 5) is 13.4. The summed E-state index contributed by atoms with van der Waals surface area (Å²) in [6, 6.07) is 11.1. The maximum absolute atomic E-state index is 12.1. The molecule has 2 aromatic rings. The van der Waals surface area contributed by atoms with Gasteiger partial charge in [0.05, 0.1) is 5.02 Å². The number of aryl methyl sites for hydroxylation is 1. The molecule has 2 N–H and O–H groups in total. The number of rotatable bonds is 6. The lowest BCUT2D eigenvalue weighted by Gasteiger charge is -2.11. The maximum Gasteiger partial charge on any atom is 0.272 e. The van der Waals surface area contributed by atoms with E-state index in [4.69, 9.17) is 27.9 Å². The van der Waals surface area contributed by atoms with E-state index in [9.17, 15) is 13.2 Å². The van der Waals surface area contributed by atoms with Crippen molar-refractivity contribution in [3.8, 4) is 5.75 Å². The molecule has 9 heteroatoms. The van der Waals surface area contributed by atoms with Crippen molar-refractivity contribution in [2.24, 2.45) is 0 Å². The van der Waals surface area contributed by atoms with Crippen LogP contribution in [0.2, 0.25) is 10.0 Å². The number of hydrazine groups is 1. The van der Waals surface area contributed by atoms with Gasteiger partial charge < -0.3 is 4.74 Å². The minimum absolute atomic E-state index is 0.0165. The van der Waals surface area contributed by atoms with E-state index in [1.807, 2.05) is 23.2 Å². The highest BCUT2D eigenvalue weighted by Crippen LogP contribution is 2.24. The van der Waals surface area contributed by atoms with Crippen molar-refractivity contribution >= 4 is 39.1 Å². The molecule has 0 aromatic heterocycles. The molecule has 0 aliphatic heterocycles. The van der Waals surface area contributed by atoms with E-state index in [1.54, 1.807) is 18.2 Å². The first-order valence-electron chi connectivity index (χ1n) is 6.73. The van der Waals surface area contributed by atoms with E-state index >= 15 is 0 Å². The van der Waals surface area contributed by atoms with Gasteiger partial charge in [-0.05, 0) is 42.8 Å². The SMILES string of the molecule is Cc1cccc(OCC(=O)NNS(=O)(=O)c2cc(Cl)ccc2Cl)c1. The average Bonchev–Trinajstić information content (AvgIpc) is 2.53. The summed E-state index contributed by atoms with van der Waals surface area (Å²) >= 11 is 11.6. The Morgan fingerprint density at radius 2 is 1.92 bits per heavy atom. The second-order valence-electron chi connectivity index (χ2n) is 4.83. The Labute approximate surface area is 149 Å². The average molecular weight is 389 g/mol. The number of sulfonamides is 1. The quantitative estimate of drug-likeness (QED) is 0.744. The van der Waals surface area contributed by atoms with Crippen molar-refractivity contribution in [1.82, 2.24) is 10.3 Å².